The number of hydrogen-bond donors (Lipinski definition) is 1. The van der Waals surface area contributed by atoms with Gasteiger partial charge in [-0.2, -0.15) is 0 Å². The first-order chi connectivity index (χ1) is 10.2. The Morgan fingerprint density at radius 1 is 1.38 bits per heavy atom. The molecular weight excluding hydrogens is 260 g/mol. The number of rotatable bonds is 4. The maximum atomic E-state index is 6.21. The molecule has 3 nitrogen and oxygen atoms in total. The molecule has 1 aromatic rings. The monoisotopic (exact) mass is 288 g/mol. The number of ether oxygens (including phenoxy) is 1. The zero-order chi connectivity index (χ0) is 14.7. The lowest BCUT2D eigenvalue weighted by atomic mass is 9.97. The second-order valence-electron chi connectivity index (χ2n) is 6.73. The standard InChI is InChI=1S/C18H28N2O/c1-14(2)20-10-4-5-15(12-20)13-21-18-7-3-6-16-8-9-19-11-17(16)18/h3,6-7,14-15,19H,4-5,8-13H2,1-2H3. The van der Waals surface area contributed by atoms with Gasteiger partial charge in [-0.15, -0.1) is 0 Å². The van der Waals surface area contributed by atoms with E-state index in [4.69, 9.17) is 4.74 Å². The highest BCUT2D eigenvalue weighted by Gasteiger charge is 2.22. The van der Waals surface area contributed by atoms with Crippen molar-refractivity contribution < 1.29 is 4.74 Å². The van der Waals surface area contributed by atoms with Gasteiger partial charge >= 0.3 is 0 Å². The highest BCUT2D eigenvalue weighted by Crippen LogP contribution is 2.26. The molecule has 0 amide bonds. The van der Waals surface area contributed by atoms with E-state index in [1.807, 2.05) is 0 Å². The van der Waals surface area contributed by atoms with Crippen molar-refractivity contribution in [3.05, 3.63) is 29.3 Å². The molecule has 0 aliphatic carbocycles. The fourth-order valence-corrected chi connectivity index (χ4v) is 3.53. The molecule has 1 aromatic carbocycles. The Kier molecular flexibility index (Phi) is 4.81. The van der Waals surface area contributed by atoms with Crippen LogP contribution >= 0.6 is 0 Å². The minimum absolute atomic E-state index is 0.654. The summed E-state index contributed by atoms with van der Waals surface area (Å²) < 4.78 is 6.21. The Balaban J connectivity index is 1.60. The molecule has 116 valence electrons. The van der Waals surface area contributed by atoms with Crippen molar-refractivity contribution in [3.63, 3.8) is 0 Å². The Morgan fingerprint density at radius 3 is 3.14 bits per heavy atom. The van der Waals surface area contributed by atoms with Crippen molar-refractivity contribution in [1.82, 2.24) is 10.2 Å². The van der Waals surface area contributed by atoms with Crippen molar-refractivity contribution in [3.8, 4) is 5.75 Å². The Morgan fingerprint density at radius 2 is 2.29 bits per heavy atom. The fraction of sp³-hybridized carbons (Fsp3) is 0.667. The first-order valence-electron chi connectivity index (χ1n) is 8.42. The van der Waals surface area contributed by atoms with Crippen LogP contribution in [0.2, 0.25) is 0 Å². The van der Waals surface area contributed by atoms with Gasteiger partial charge in [-0.05, 0) is 57.8 Å². The van der Waals surface area contributed by atoms with Crippen molar-refractivity contribution in [2.24, 2.45) is 5.92 Å². The van der Waals surface area contributed by atoms with E-state index in [0.29, 0.717) is 12.0 Å². The zero-order valence-corrected chi connectivity index (χ0v) is 13.4. The predicted octanol–water partition coefficient (Wildman–Crippen LogP) is 2.83. The third-order valence-corrected chi connectivity index (χ3v) is 4.86. The lowest BCUT2D eigenvalue weighted by molar-refractivity contribution is 0.106. The molecule has 2 aliphatic rings. The van der Waals surface area contributed by atoms with Crippen LogP contribution in [0.5, 0.6) is 5.75 Å². The molecular formula is C18H28N2O. The van der Waals surface area contributed by atoms with Gasteiger partial charge in [0.1, 0.15) is 5.75 Å². The van der Waals surface area contributed by atoms with Gasteiger partial charge in [0.05, 0.1) is 6.61 Å². The van der Waals surface area contributed by atoms with Crippen molar-refractivity contribution >= 4 is 0 Å². The van der Waals surface area contributed by atoms with Crippen LogP contribution in [-0.2, 0) is 13.0 Å². The smallest absolute Gasteiger partial charge is 0.124 e. The average Bonchev–Trinajstić information content (AvgIpc) is 2.53. The fourth-order valence-electron chi connectivity index (χ4n) is 3.53. The molecule has 1 fully saturated rings. The average molecular weight is 288 g/mol. The van der Waals surface area contributed by atoms with Crippen LogP contribution in [0.4, 0.5) is 0 Å². The third kappa shape index (κ3) is 3.58. The van der Waals surface area contributed by atoms with Crippen LogP contribution in [0.3, 0.4) is 0 Å². The lowest BCUT2D eigenvalue weighted by Gasteiger charge is -2.35. The SMILES string of the molecule is CC(C)N1CCCC(COc2cccc3c2CNCC3)C1. The highest BCUT2D eigenvalue weighted by molar-refractivity contribution is 5.41. The van der Waals surface area contributed by atoms with Crippen LogP contribution in [0.15, 0.2) is 18.2 Å². The first kappa shape index (κ1) is 14.9. The van der Waals surface area contributed by atoms with Gasteiger partial charge in [0, 0.05) is 30.6 Å². The highest BCUT2D eigenvalue weighted by atomic mass is 16.5. The first-order valence-corrected chi connectivity index (χ1v) is 8.42. The number of nitrogens with zero attached hydrogens (tertiary/aromatic N) is 1. The summed E-state index contributed by atoms with van der Waals surface area (Å²) in [7, 11) is 0. The number of piperidine rings is 1. The van der Waals surface area contributed by atoms with Crippen molar-refractivity contribution in [2.75, 3.05) is 26.2 Å². The van der Waals surface area contributed by atoms with E-state index in [-0.39, 0.29) is 0 Å². The van der Waals surface area contributed by atoms with E-state index in [1.54, 1.807) is 0 Å². The van der Waals surface area contributed by atoms with E-state index in [9.17, 15) is 0 Å². The van der Waals surface area contributed by atoms with Gasteiger partial charge in [0.15, 0.2) is 0 Å². The molecule has 0 radical (unpaired) electrons. The van der Waals surface area contributed by atoms with Crippen LogP contribution in [-0.4, -0.2) is 37.2 Å². The van der Waals surface area contributed by atoms with E-state index in [0.717, 1.165) is 31.9 Å². The molecule has 2 aliphatic heterocycles. The molecule has 3 rings (SSSR count). The quantitative estimate of drug-likeness (QED) is 0.922. The Hall–Kier alpha value is -1.06. The van der Waals surface area contributed by atoms with Gasteiger partial charge in [-0.3, -0.25) is 0 Å². The summed E-state index contributed by atoms with van der Waals surface area (Å²) in [6.45, 7) is 9.92. The van der Waals surface area contributed by atoms with Gasteiger partial charge < -0.3 is 15.0 Å². The van der Waals surface area contributed by atoms with Gasteiger partial charge in [-0.1, -0.05) is 12.1 Å². The van der Waals surface area contributed by atoms with E-state index >= 15 is 0 Å². The summed E-state index contributed by atoms with van der Waals surface area (Å²) >= 11 is 0. The second-order valence-corrected chi connectivity index (χ2v) is 6.73. The minimum Gasteiger partial charge on any atom is -0.493 e. The van der Waals surface area contributed by atoms with E-state index < -0.39 is 0 Å². The summed E-state index contributed by atoms with van der Waals surface area (Å²) in [6, 6.07) is 7.17. The number of benzene rings is 1. The summed E-state index contributed by atoms with van der Waals surface area (Å²) in [4.78, 5) is 2.58. The zero-order valence-electron chi connectivity index (χ0n) is 13.4. The van der Waals surface area contributed by atoms with Crippen LogP contribution < -0.4 is 10.1 Å². The van der Waals surface area contributed by atoms with Crippen molar-refractivity contribution in [1.29, 1.82) is 0 Å². The van der Waals surface area contributed by atoms with Crippen LogP contribution in [0.25, 0.3) is 0 Å². The summed E-state index contributed by atoms with van der Waals surface area (Å²) in [6.07, 6.45) is 3.73. The molecule has 0 aromatic heterocycles. The van der Waals surface area contributed by atoms with Crippen LogP contribution in [0, 0.1) is 5.92 Å². The van der Waals surface area contributed by atoms with Gasteiger partial charge in [0.2, 0.25) is 0 Å². The number of nitrogens with one attached hydrogen (secondary N) is 1. The number of hydrogen-bond acceptors (Lipinski definition) is 3. The topological polar surface area (TPSA) is 24.5 Å². The molecule has 0 bridgehead atoms. The third-order valence-electron chi connectivity index (χ3n) is 4.86. The second kappa shape index (κ2) is 6.80. The molecule has 21 heavy (non-hydrogen) atoms. The van der Waals surface area contributed by atoms with Gasteiger partial charge in [0.25, 0.3) is 0 Å². The van der Waals surface area contributed by atoms with E-state index in [1.165, 1.54) is 37.1 Å². The lowest BCUT2D eigenvalue weighted by Crippen LogP contribution is -2.41. The summed E-state index contributed by atoms with van der Waals surface area (Å²) in [5.41, 5.74) is 2.83. The minimum atomic E-state index is 0.654. The molecule has 3 heteroatoms. The number of fused-ring (bicyclic) bond motifs is 1. The predicted molar refractivity (Wildman–Crippen MR) is 86.8 cm³/mol. The Bertz CT molecular complexity index is 472. The summed E-state index contributed by atoms with van der Waals surface area (Å²) in [5, 5.41) is 3.45. The maximum Gasteiger partial charge on any atom is 0.124 e. The van der Waals surface area contributed by atoms with Gasteiger partial charge in [-0.25, -0.2) is 0 Å². The molecule has 0 saturated carbocycles. The molecule has 2 heterocycles. The van der Waals surface area contributed by atoms with Crippen LogP contribution in [0.1, 0.15) is 37.8 Å². The molecule has 1 N–H and O–H groups in total. The number of likely N-dealkylation sites (tertiary alicyclic amines) is 1. The normalized spacial score (nSPS) is 23.1. The summed E-state index contributed by atoms with van der Waals surface area (Å²) in [5.74, 6) is 1.77. The van der Waals surface area contributed by atoms with Crippen molar-refractivity contribution in [2.45, 2.75) is 45.7 Å². The molecule has 0 spiro atoms. The van der Waals surface area contributed by atoms with E-state index in [2.05, 4.69) is 42.3 Å². The molecule has 1 saturated heterocycles. The molecule has 1 unspecified atom stereocenters. The maximum absolute atomic E-state index is 6.21. The Labute approximate surface area is 128 Å². The molecule has 1 atom stereocenters. The largest absolute Gasteiger partial charge is 0.493 e.